The van der Waals surface area contributed by atoms with E-state index in [1.165, 1.54) is 0 Å². The number of nitrogens with two attached hydrogens (primary N) is 1. The normalized spacial score (nSPS) is 11.3. The monoisotopic (exact) mass is 387 g/mol. The Morgan fingerprint density at radius 1 is 1.22 bits per heavy atom. The molecule has 3 N–H and O–H groups in total. The number of aromatic nitrogens is 2. The van der Waals surface area contributed by atoms with Crippen molar-refractivity contribution < 1.29 is 13.3 Å². The number of benzene rings is 2. The van der Waals surface area contributed by atoms with E-state index in [9.17, 15) is 18.5 Å². The average molecular weight is 387 g/mol. The van der Waals surface area contributed by atoms with Gasteiger partial charge in [-0.1, -0.05) is 30.3 Å². The van der Waals surface area contributed by atoms with E-state index in [4.69, 9.17) is 5.14 Å². The zero-order valence-electron chi connectivity index (χ0n) is 14.4. The zero-order chi connectivity index (χ0) is 19.6. The fraction of sp³-hybridized carbons (Fsp3) is 0.118. The van der Waals surface area contributed by atoms with Crippen molar-refractivity contribution in [1.29, 1.82) is 0 Å². The molecule has 10 heteroatoms. The second-order valence-corrected chi connectivity index (χ2v) is 7.41. The average Bonchev–Trinajstić information content (AvgIpc) is 3.00. The summed E-state index contributed by atoms with van der Waals surface area (Å²) in [5.74, 6) is 0. The smallest absolute Gasteiger partial charge is 0.271 e. The number of non-ortho nitro benzene ring substituents is 1. The van der Waals surface area contributed by atoms with Crippen molar-refractivity contribution in [3.05, 3.63) is 70.4 Å². The SMILES string of the molecule is Cn1cc(CNc2cc([N+](=O)[O-])ccc2S(N)(=O)=O)c(-c2ccccc2)n1. The van der Waals surface area contributed by atoms with Crippen molar-refractivity contribution in [2.45, 2.75) is 11.4 Å². The first kappa shape index (κ1) is 18.5. The lowest BCUT2D eigenvalue weighted by atomic mass is 10.1. The van der Waals surface area contributed by atoms with Crippen LogP contribution in [0.4, 0.5) is 11.4 Å². The van der Waals surface area contributed by atoms with Gasteiger partial charge in [-0.2, -0.15) is 5.10 Å². The largest absolute Gasteiger partial charge is 0.380 e. The number of anilines is 1. The standard InChI is InChI=1S/C17H17N5O4S/c1-21-11-13(17(20-21)12-5-3-2-4-6-12)10-19-15-9-14(22(23)24)7-8-16(15)27(18,25)26/h2-9,11,19H,10H2,1H3,(H2,18,25,26). The maximum Gasteiger partial charge on any atom is 0.271 e. The van der Waals surface area contributed by atoms with E-state index < -0.39 is 14.9 Å². The lowest BCUT2D eigenvalue weighted by Gasteiger charge is -2.11. The maximum atomic E-state index is 11.8. The molecule has 0 bridgehead atoms. The minimum Gasteiger partial charge on any atom is -0.380 e. The molecule has 0 saturated carbocycles. The summed E-state index contributed by atoms with van der Waals surface area (Å²) >= 11 is 0. The van der Waals surface area contributed by atoms with Gasteiger partial charge in [-0.3, -0.25) is 14.8 Å². The second kappa shape index (κ2) is 7.17. The van der Waals surface area contributed by atoms with Gasteiger partial charge in [0.1, 0.15) is 4.90 Å². The van der Waals surface area contributed by atoms with Gasteiger partial charge in [0.2, 0.25) is 10.0 Å². The van der Waals surface area contributed by atoms with Crippen LogP contribution < -0.4 is 10.5 Å². The van der Waals surface area contributed by atoms with Crippen molar-refractivity contribution in [2.75, 3.05) is 5.32 Å². The highest BCUT2D eigenvalue weighted by Gasteiger charge is 2.19. The molecule has 0 amide bonds. The predicted octanol–water partition coefficient (Wildman–Crippen LogP) is 2.25. The molecular weight excluding hydrogens is 370 g/mol. The molecule has 0 aliphatic heterocycles. The van der Waals surface area contributed by atoms with Crippen molar-refractivity contribution in [3.63, 3.8) is 0 Å². The molecule has 9 nitrogen and oxygen atoms in total. The van der Waals surface area contributed by atoms with Crippen molar-refractivity contribution >= 4 is 21.4 Å². The minimum atomic E-state index is -4.04. The summed E-state index contributed by atoms with van der Waals surface area (Å²) in [7, 11) is -2.27. The van der Waals surface area contributed by atoms with Gasteiger partial charge in [-0.25, -0.2) is 13.6 Å². The van der Waals surface area contributed by atoms with E-state index in [1.54, 1.807) is 17.9 Å². The molecular formula is C17H17N5O4S. The van der Waals surface area contributed by atoms with Crippen LogP contribution in [0.15, 0.2) is 59.6 Å². The molecule has 3 aromatic rings. The zero-order valence-corrected chi connectivity index (χ0v) is 15.2. The number of nitro benzene ring substituents is 1. The number of sulfonamides is 1. The Bertz CT molecular complexity index is 1090. The van der Waals surface area contributed by atoms with Gasteiger partial charge >= 0.3 is 0 Å². The molecule has 1 heterocycles. The molecule has 27 heavy (non-hydrogen) atoms. The molecule has 1 aromatic heterocycles. The Hall–Kier alpha value is -3.24. The van der Waals surface area contributed by atoms with Gasteiger partial charge in [-0.05, 0) is 6.07 Å². The summed E-state index contributed by atoms with van der Waals surface area (Å²) < 4.78 is 25.2. The Labute approximate surface area is 155 Å². The number of primary sulfonamides is 1. The summed E-state index contributed by atoms with van der Waals surface area (Å²) in [6.45, 7) is 0.210. The van der Waals surface area contributed by atoms with Gasteiger partial charge < -0.3 is 5.32 Å². The third-order valence-electron chi connectivity index (χ3n) is 3.90. The Balaban J connectivity index is 1.96. The van der Waals surface area contributed by atoms with Crippen molar-refractivity contribution in [2.24, 2.45) is 12.2 Å². The minimum absolute atomic E-state index is 0.0644. The third kappa shape index (κ3) is 4.13. The maximum absolute atomic E-state index is 11.8. The van der Waals surface area contributed by atoms with Gasteiger partial charge in [0.15, 0.2) is 0 Å². The lowest BCUT2D eigenvalue weighted by Crippen LogP contribution is -2.15. The summed E-state index contributed by atoms with van der Waals surface area (Å²) in [4.78, 5) is 10.2. The summed E-state index contributed by atoms with van der Waals surface area (Å²) in [5.41, 5.74) is 2.26. The topological polar surface area (TPSA) is 133 Å². The Morgan fingerprint density at radius 2 is 1.93 bits per heavy atom. The van der Waals surface area contributed by atoms with Crippen molar-refractivity contribution in [3.8, 4) is 11.3 Å². The van der Waals surface area contributed by atoms with Crippen LogP contribution in [0.5, 0.6) is 0 Å². The summed E-state index contributed by atoms with van der Waals surface area (Å²) in [6.07, 6.45) is 1.79. The number of hydrogen-bond donors (Lipinski definition) is 2. The van der Waals surface area contributed by atoms with Crippen LogP contribution in [-0.2, 0) is 23.6 Å². The highest BCUT2D eigenvalue weighted by atomic mass is 32.2. The Kier molecular flexibility index (Phi) is 4.93. The number of nitrogens with one attached hydrogen (secondary N) is 1. The van der Waals surface area contributed by atoms with E-state index >= 15 is 0 Å². The van der Waals surface area contributed by atoms with Crippen LogP contribution in [0.2, 0.25) is 0 Å². The molecule has 0 radical (unpaired) electrons. The quantitative estimate of drug-likeness (QED) is 0.492. The molecule has 0 aliphatic rings. The van der Waals surface area contributed by atoms with Crippen LogP contribution in [0.3, 0.4) is 0 Å². The van der Waals surface area contributed by atoms with E-state index in [0.29, 0.717) is 0 Å². The molecule has 0 atom stereocenters. The van der Waals surface area contributed by atoms with Gasteiger partial charge in [0.25, 0.3) is 5.69 Å². The van der Waals surface area contributed by atoms with E-state index in [2.05, 4.69) is 10.4 Å². The van der Waals surface area contributed by atoms with E-state index in [0.717, 1.165) is 35.0 Å². The molecule has 140 valence electrons. The highest BCUT2D eigenvalue weighted by Crippen LogP contribution is 2.28. The first-order valence-electron chi connectivity index (χ1n) is 7.89. The fourth-order valence-corrected chi connectivity index (χ4v) is 3.41. The van der Waals surface area contributed by atoms with E-state index in [-0.39, 0.29) is 22.8 Å². The highest BCUT2D eigenvalue weighted by molar-refractivity contribution is 7.89. The number of nitro groups is 1. The second-order valence-electron chi connectivity index (χ2n) is 5.88. The third-order valence-corrected chi connectivity index (χ3v) is 4.87. The van der Waals surface area contributed by atoms with Crippen molar-refractivity contribution in [1.82, 2.24) is 9.78 Å². The van der Waals surface area contributed by atoms with Gasteiger partial charge in [0.05, 0.1) is 16.3 Å². The van der Waals surface area contributed by atoms with E-state index in [1.807, 2.05) is 30.3 Å². The number of rotatable bonds is 6. The van der Waals surface area contributed by atoms with Crippen LogP contribution in [0, 0.1) is 10.1 Å². The molecule has 0 spiro atoms. The first-order chi connectivity index (χ1) is 12.8. The number of aryl methyl sites for hydroxylation is 1. The molecule has 0 fully saturated rings. The Morgan fingerprint density at radius 3 is 2.56 bits per heavy atom. The molecule has 0 aliphatic carbocycles. The van der Waals surface area contributed by atoms with Crippen LogP contribution in [0.25, 0.3) is 11.3 Å². The fourth-order valence-electron chi connectivity index (χ4n) is 2.71. The molecule has 3 rings (SSSR count). The lowest BCUT2D eigenvalue weighted by molar-refractivity contribution is -0.384. The molecule has 0 unspecified atom stereocenters. The number of hydrogen-bond acceptors (Lipinski definition) is 6. The van der Waals surface area contributed by atoms with Crippen LogP contribution >= 0.6 is 0 Å². The summed E-state index contributed by atoms with van der Waals surface area (Å²) in [5, 5.41) is 23.6. The van der Waals surface area contributed by atoms with Crippen LogP contribution in [0.1, 0.15) is 5.56 Å². The van der Waals surface area contributed by atoms with Gasteiger partial charge in [0, 0.05) is 43.0 Å². The van der Waals surface area contributed by atoms with Crippen LogP contribution in [-0.4, -0.2) is 23.1 Å². The summed E-state index contributed by atoms with van der Waals surface area (Å²) in [6, 6.07) is 12.9. The number of nitrogens with zero attached hydrogens (tertiary/aromatic N) is 3. The van der Waals surface area contributed by atoms with Gasteiger partial charge in [-0.15, -0.1) is 0 Å². The predicted molar refractivity (Wildman–Crippen MR) is 100 cm³/mol. The first-order valence-corrected chi connectivity index (χ1v) is 9.43. The molecule has 2 aromatic carbocycles. The molecule has 0 saturated heterocycles.